The van der Waals surface area contributed by atoms with Gasteiger partial charge in [-0.1, -0.05) is 12.8 Å². The van der Waals surface area contributed by atoms with E-state index in [1.807, 2.05) is 24.3 Å². The van der Waals surface area contributed by atoms with Gasteiger partial charge in [0.15, 0.2) is 0 Å². The molecule has 4 nitrogen and oxygen atoms in total. The van der Waals surface area contributed by atoms with Crippen LogP contribution < -0.4 is 10.6 Å². The van der Waals surface area contributed by atoms with Crippen LogP contribution in [0, 0.1) is 3.57 Å². The van der Waals surface area contributed by atoms with Gasteiger partial charge < -0.3 is 15.7 Å². The summed E-state index contributed by atoms with van der Waals surface area (Å²) in [5.41, 5.74) is 0.762. The van der Waals surface area contributed by atoms with E-state index in [2.05, 4.69) is 33.2 Å². The highest BCUT2D eigenvalue weighted by Gasteiger charge is 2.24. The number of hydrogen-bond acceptors (Lipinski definition) is 2. The Balaban J connectivity index is 1.86. The minimum atomic E-state index is -0.416. The molecule has 1 aromatic rings. The summed E-state index contributed by atoms with van der Waals surface area (Å²) in [5, 5.41) is 15.4. The Labute approximate surface area is 120 Å². The van der Waals surface area contributed by atoms with Gasteiger partial charge in [0.1, 0.15) is 0 Å². The Morgan fingerprint density at radius 3 is 2.56 bits per heavy atom. The molecule has 5 heteroatoms. The first-order chi connectivity index (χ1) is 8.65. The first-order valence-electron chi connectivity index (χ1n) is 6.16. The molecule has 0 bridgehead atoms. The quantitative estimate of drug-likeness (QED) is 0.711. The lowest BCUT2D eigenvalue weighted by Crippen LogP contribution is -2.46. The normalized spacial score (nSPS) is 23.4. The van der Waals surface area contributed by atoms with Crippen molar-refractivity contribution in [2.24, 2.45) is 0 Å². The minimum absolute atomic E-state index is 0.123. The number of rotatable bonds is 2. The SMILES string of the molecule is O=C(Nc1ccc(I)cc1)N[C@@H]1CCCC[C@@H]1O. The number of halogens is 1. The summed E-state index contributed by atoms with van der Waals surface area (Å²) in [6, 6.07) is 7.22. The average Bonchev–Trinajstić information content (AvgIpc) is 2.35. The summed E-state index contributed by atoms with van der Waals surface area (Å²) >= 11 is 2.22. The highest BCUT2D eigenvalue weighted by Crippen LogP contribution is 2.18. The van der Waals surface area contributed by atoms with Crippen molar-refractivity contribution in [1.82, 2.24) is 5.32 Å². The number of hydrogen-bond donors (Lipinski definition) is 3. The van der Waals surface area contributed by atoms with Crippen molar-refractivity contribution >= 4 is 34.3 Å². The topological polar surface area (TPSA) is 61.4 Å². The number of aliphatic hydroxyl groups is 1. The van der Waals surface area contributed by atoms with E-state index in [4.69, 9.17) is 0 Å². The molecule has 3 N–H and O–H groups in total. The second-order valence-electron chi connectivity index (χ2n) is 4.56. The van der Waals surface area contributed by atoms with Gasteiger partial charge in [0.05, 0.1) is 12.1 Å². The molecule has 1 aliphatic rings. The molecular formula is C13H17IN2O2. The maximum absolute atomic E-state index is 11.8. The van der Waals surface area contributed by atoms with Crippen LogP contribution in [0.15, 0.2) is 24.3 Å². The molecule has 98 valence electrons. The lowest BCUT2D eigenvalue weighted by molar-refractivity contribution is 0.0955. The summed E-state index contributed by atoms with van der Waals surface area (Å²) < 4.78 is 1.13. The number of anilines is 1. The summed E-state index contributed by atoms with van der Waals surface area (Å²) in [4.78, 5) is 11.8. The van der Waals surface area contributed by atoms with Gasteiger partial charge in [0, 0.05) is 9.26 Å². The van der Waals surface area contributed by atoms with Crippen molar-refractivity contribution in [2.45, 2.75) is 37.8 Å². The molecule has 0 spiro atoms. The molecule has 0 aromatic heterocycles. The van der Waals surface area contributed by atoms with Crippen LogP contribution in [0.2, 0.25) is 0 Å². The predicted octanol–water partition coefficient (Wildman–Crippen LogP) is 2.72. The van der Waals surface area contributed by atoms with E-state index < -0.39 is 6.10 Å². The highest BCUT2D eigenvalue weighted by atomic mass is 127. The fourth-order valence-electron chi connectivity index (χ4n) is 2.15. The minimum Gasteiger partial charge on any atom is -0.391 e. The zero-order chi connectivity index (χ0) is 13.0. The molecule has 0 unspecified atom stereocenters. The van der Waals surface area contributed by atoms with Crippen LogP contribution in [0.4, 0.5) is 10.5 Å². The monoisotopic (exact) mass is 360 g/mol. The molecular weight excluding hydrogens is 343 g/mol. The van der Waals surface area contributed by atoms with E-state index in [9.17, 15) is 9.90 Å². The standard InChI is InChI=1S/C13H17IN2O2/c14-9-5-7-10(8-6-9)15-13(18)16-11-3-1-2-4-12(11)17/h5-8,11-12,17H,1-4H2,(H2,15,16,18)/t11-,12+/m1/s1. The predicted molar refractivity (Wildman–Crippen MR) is 79.6 cm³/mol. The fraction of sp³-hybridized carbons (Fsp3) is 0.462. The van der Waals surface area contributed by atoms with E-state index in [1.54, 1.807) is 0 Å². The molecule has 2 atom stereocenters. The van der Waals surface area contributed by atoms with Gasteiger partial charge in [0.2, 0.25) is 0 Å². The summed E-state index contributed by atoms with van der Waals surface area (Å²) in [7, 11) is 0. The molecule has 18 heavy (non-hydrogen) atoms. The van der Waals surface area contributed by atoms with Crippen LogP contribution in [0.5, 0.6) is 0 Å². The third kappa shape index (κ3) is 3.84. The molecule has 2 amide bonds. The first kappa shape index (κ1) is 13.6. The molecule has 0 radical (unpaired) electrons. The molecule has 1 fully saturated rings. The van der Waals surface area contributed by atoms with Gasteiger partial charge in [-0.05, 0) is 59.7 Å². The Hall–Kier alpha value is -0.820. The van der Waals surface area contributed by atoms with E-state index in [0.717, 1.165) is 34.9 Å². The van der Waals surface area contributed by atoms with Crippen LogP contribution in [0.1, 0.15) is 25.7 Å². The molecule has 0 heterocycles. The summed E-state index contributed by atoms with van der Waals surface area (Å²) in [5.74, 6) is 0. The third-order valence-corrected chi connectivity index (χ3v) is 3.87. The molecule has 1 aromatic carbocycles. The largest absolute Gasteiger partial charge is 0.391 e. The second kappa shape index (κ2) is 6.38. The maximum Gasteiger partial charge on any atom is 0.319 e. The Bertz CT molecular complexity index is 408. The Morgan fingerprint density at radius 2 is 1.89 bits per heavy atom. The van der Waals surface area contributed by atoms with Crippen molar-refractivity contribution in [3.63, 3.8) is 0 Å². The molecule has 0 aliphatic heterocycles. The molecule has 0 saturated heterocycles. The Kier molecular flexibility index (Phi) is 4.82. The fourth-order valence-corrected chi connectivity index (χ4v) is 2.51. The molecule has 1 saturated carbocycles. The number of nitrogens with one attached hydrogen (secondary N) is 2. The van der Waals surface area contributed by atoms with Crippen molar-refractivity contribution in [2.75, 3.05) is 5.32 Å². The first-order valence-corrected chi connectivity index (χ1v) is 7.24. The van der Waals surface area contributed by atoms with Gasteiger partial charge in [-0.3, -0.25) is 0 Å². The van der Waals surface area contributed by atoms with Gasteiger partial charge in [-0.25, -0.2) is 4.79 Å². The number of carbonyl (C=O) groups excluding carboxylic acids is 1. The van der Waals surface area contributed by atoms with Crippen LogP contribution in [-0.4, -0.2) is 23.3 Å². The average molecular weight is 360 g/mol. The van der Waals surface area contributed by atoms with E-state index in [0.29, 0.717) is 0 Å². The van der Waals surface area contributed by atoms with Crippen molar-refractivity contribution in [3.05, 3.63) is 27.8 Å². The van der Waals surface area contributed by atoms with Crippen LogP contribution in [-0.2, 0) is 0 Å². The van der Waals surface area contributed by atoms with Gasteiger partial charge in [-0.15, -0.1) is 0 Å². The van der Waals surface area contributed by atoms with Crippen LogP contribution in [0.3, 0.4) is 0 Å². The number of amides is 2. The van der Waals surface area contributed by atoms with Crippen LogP contribution >= 0.6 is 22.6 Å². The zero-order valence-corrected chi connectivity index (χ0v) is 12.2. The van der Waals surface area contributed by atoms with E-state index in [-0.39, 0.29) is 12.1 Å². The smallest absolute Gasteiger partial charge is 0.319 e. The van der Waals surface area contributed by atoms with Gasteiger partial charge in [0.25, 0.3) is 0 Å². The van der Waals surface area contributed by atoms with Crippen LogP contribution in [0.25, 0.3) is 0 Å². The van der Waals surface area contributed by atoms with E-state index in [1.165, 1.54) is 0 Å². The lowest BCUT2D eigenvalue weighted by Gasteiger charge is -2.28. The number of benzene rings is 1. The molecule has 1 aliphatic carbocycles. The highest BCUT2D eigenvalue weighted by molar-refractivity contribution is 14.1. The van der Waals surface area contributed by atoms with Crippen molar-refractivity contribution in [3.8, 4) is 0 Å². The number of aliphatic hydroxyl groups excluding tert-OH is 1. The lowest BCUT2D eigenvalue weighted by atomic mass is 9.93. The second-order valence-corrected chi connectivity index (χ2v) is 5.81. The van der Waals surface area contributed by atoms with Crippen molar-refractivity contribution in [1.29, 1.82) is 0 Å². The summed E-state index contributed by atoms with van der Waals surface area (Å²) in [6.07, 6.45) is 3.31. The van der Waals surface area contributed by atoms with Gasteiger partial charge >= 0.3 is 6.03 Å². The molecule has 2 rings (SSSR count). The van der Waals surface area contributed by atoms with E-state index >= 15 is 0 Å². The number of urea groups is 1. The summed E-state index contributed by atoms with van der Waals surface area (Å²) in [6.45, 7) is 0. The Morgan fingerprint density at radius 1 is 1.22 bits per heavy atom. The third-order valence-electron chi connectivity index (χ3n) is 3.15. The number of carbonyl (C=O) groups is 1. The van der Waals surface area contributed by atoms with Gasteiger partial charge in [-0.2, -0.15) is 0 Å². The maximum atomic E-state index is 11.8. The van der Waals surface area contributed by atoms with Crippen molar-refractivity contribution < 1.29 is 9.90 Å². The zero-order valence-electron chi connectivity index (χ0n) is 10.0.